The van der Waals surface area contributed by atoms with Gasteiger partial charge in [0.15, 0.2) is 8.32 Å². The lowest BCUT2D eigenvalue weighted by molar-refractivity contribution is -0.144. The minimum atomic E-state index is -2.09. The molecule has 6 heteroatoms. The standard InChI is InChI=1S/C18H28ClNO3Si/c1-7-22-17(21)13-16(23-24(5,6)18(2,3)4)15(19)12-14-10-8-9-11-20-14/h8-12,16H,7,13H2,1-6H3. The van der Waals surface area contributed by atoms with Crippen molar-refractivity contribution < 1.29 is 14.0 Å². The number of hydrogen-bond donors (Lipinski definition) is 0. The van der Waals surface area contributed by atoms with Crippen LogP contribution in [0.3, 0.4) is 0 Å². The first-order chi connectivity index (χ1) is 11.1. The van der Waals surface area contributed by atoms with Gasteiger partial charge in [-0.25, -0.2) is 0 Å². The maximum Gasteiger partial charge on any atom is 0.308 e. The van der Waals surface area contributed by atoms with Gasteiger partial charge in [-0.05, 0) is 43.3 Å². The lowest BCUT2D eigenvalue weighted by atomic mass is 10.2. The number of aromatic nitrogens is 1. The molecule has 0 amide bonds. The first-order valence-electron chi connectivity index (χ1n) is 8.18. The van der Waals surface area contributed by atoms with Gasteiger partial charge in [0, 0.05) is 11.2 Å². The predicted molar refractivity (Wildman–Crippen MR) is 101 cm³/mol. The zero-order valence-electron chi connectivity index (χ0n) is 15.4. The van der Waals surface area contributed by atoms with Gasteiger partial charge in [0.1, 0.15) is 0 Å². The smallest absolute Gasteiger partial charge is 0.308 e. The molecule has 4 nitrogen and oxygen atoms in total. The summed E-state index contributed by atoms with van der Waals surface area (Å²) < 4.78 is 11.4. The summed E-state index contributed by atoms with van der Waals surface area (Å²) in [5.41, 5.74) is 0.732. The second-order valence-electron chi connectivity index (χ2n) is 7.16. The lowest BCUT2D eigenvalue weighted by Crippen LogP contribution is -2.44. The van der Waals surface area contributed by atoms with Crippen molar-refractivity contribution in [3.05, 3.63) is 35.1 Å². The molecule has 0 saturated carbocycles. The molecule has 0 aliphatic heterocycles. The van der Waals surface area contributed by atoms with E-state index in [0.717, 1.165) is 5.69 Å². The van der Waals surface area contributed by atoms with Crippen LogP contribution in [0.4, 0.5) is 0 Å². The van der Waals surface area contributed by atoms with Crippen LogP contribution in [0.15, 0.2) is 29.4 Å². The zero-order chi connectivity index (χ0) is 18.4. The van der Waals surface area contributed by atoms with Crippen LogP contribution >= 0.6 is 11.6 Å². The molecule has 0 spiro atoms. The van der Waals surface area contributed by atoms with Crippen LogP contribution in [0, 0.1) is 0 Å². The molecule has 1 unspecified atom stereocenters. The first kappa shape index (κ1) is 20.9. The third-order valence-electron chi connectivity index (χ3n) is 4.18. The van der Waals surface area contributed by atoms with E-state index in [4.69, 9.17) is 20.8 Å². The van der Waals surface area contributed by atoms with Gasteiger partial charge in [-0.1, -0.05) is 38.4 Å². The Morgan fingerprint density at radius 1 is 1.38 bits per heavy atom. The number of carbonyl (C=O) groups excluding carboxylic acids is 1. The fourth-order valence-electron chi connectivity index (χ4n) is 1.79. The van der Waals surface area contributed by atoms with E-state index in [-0.39, 0.29) is 17.4 Å². The Morgan fingerprint density at radius 3 is 2.54 bits per heavy atom. The molecule has 1 rings (SSSR count). The number of nitrogens with zero attached hydrogens (tertiary/aromatic N) is 1. The van der Waals surface area contributed by atoms with Crippen LogP contribution in [0.2, 0.25) is 18.1 Å². The minimum absolute atomic E-state index is 0.0159. The largest absolute Gasteiger partial charge is 0.466 e. The van der Waals surface area contributed by atoms with Crippen molar-refractivity contribution in [3.8, 4) is 0 Å². The van der Waals surface area contributed by atoms with E-state index < -0.39 is 14.4 Å². The summed E-state index contributed by atoms with van der Waals surface area (Å²) in [7, 11) is -2.09. The highest BCUT2D eigenvalue weighted by Gasteiger charge is 2.40. The second kappa shape index (κ2) is 8.79. The second-order valence-corrected chi connectivity index (χ2v) is 12.4. The van der Waals surface area contributed by atoms with Crippen molar-refractivity contribution in [1.82, 2.24) is 4.98 Å². The maximum absolute atomic E-state index is 12.0. The molecule has 0 radical (unpaired) electrons. The van der Waals surface area contributed by atoms with E-state index in [0.29, 0.717) is 11.6 Å². The molecule has 0 aromatic carbocycles. The van der Waals surface area contributed by atoms with Crippen molar-refractivity contribution in [2.24, 2.45) is 0 Å². The molecule has 0 saturated heterocycles. The van der Waals surface area contributed by atoms with E-state index >= 15 is 0 Å². The van der Waals surface area contributed by atoms with Gasteiger partial charge in [-0.2, -0.15) is 0 Å². The lowest BCUT2D eigenvalue weighted by Gasteiger charge is -2.39. The fraction of sp³-hybridized carbons (Fsp3) is 0.556. The van der Waals surface area contributed by atoms with Crippen LogP contribution in [-0.4, -0.2) is 32.0 Å². The molecule has 0 aliphatic rings. The number of pyridine rings is 1. The maximum atomic E-state index is 12.0. The SMILES string of the molecule is CCOC(=O)CC(O[Si](C)(C)C(C)(C)C)C(Cl)=Cc1ccccn1. The Kier molecular flexibility index (Phi) is 7.64. The molecule has 0 fully saturated rings. The Morgan fingerprint density at radius 2 is 2.04 bits per heavy atom. The van der Waals surface area contributed by atoms with Crippen LogP contribution in [0.5, 0.6) is 0 Å². The molecule has 1 aromatic heterocycles. The van der Waals surface area contributed by atoms with Crippen molar-refractivity contribution in [1.29, 1.82) is 0 Å². The number of rotatable bonds is 7. The summed E-state index contributed by atoms with van der Waals surface area (Å²) in [6, 6.07) is 5.58. The molecule has 0 N–H and O–H groups in total. The van der Waals surface area contributed by atoms with Crippen molar-refractivity contribution >= 4 is 32.0 Å². The van der Waals surface area contributed by atoms with Gasteiger partial charge in [0.05, 0.1) is 24.8 Å². The topological polar surface area (TPSA) is 48.4 Å². The summed E-state index contributed by atoms with van der Waals surface area (Å²) in [6.45, 7) is 12.8. The Hall–Kier alpha value is -1.17. The molecule has 1 aromatic rings. The number of carbonyl (C=O) groups is 1. The predicted octanol–water partition coefficient (Wildman–Crippen LogP) is 5.00. The monoisotopic (exact) mass is 369 g/mol. The molecular formula is C18H28ClNO3Si. The molecule has 24 heavy (non-hydrogen) atoms. The number of halogens is 1. The Labute approximate surface area is 151 Å². The first-order valence-corrected chi connectivity index (χ1v) is 11.5. The summed E-state index contributed by atoms with van der Waals surface area (Å²) in [5, 5.41) is 0.480. The van der Waals surface area contributed by atoms with Gasteiger partial charge in [-0.3, -0.25) is 9.78 Å². The van der Waals surface area contributed by atoms with Crippen LogP contribution in [0.25, 0.3) is 6.08 Å². The number of esters is 1. The van der Waals surface area contributed by atoms with Crippen molar-refractivity contribution in [2.45, 2.75) is 58.4 Å². The van der Waals surface area contributed by atoms with E-state index in [1.54, 1.807) is 19.2 Å². The molecule has 0 bridgehead atoms. The average Bonchev–Trinajstić information content (AvgIpc) is 2.46. The van der Waals surface area contributed by atoms with Gasteiger partial charge >= 0.3 is 5.97 Å². The normalized spacial score (nSPS) is 14.4. The Bertz CT molecular complexity index is 567. The highest BCUT2D eigenvalue weighted by atomic mass is 35.5. The van der Waals surface area contributed by atoms with Gasteiger partial charge in [0.2, 0.25) is 0 Å². The van der Waals surface area contributed by atoms with Crippen LogP contribution in [0.1, 0.15) is 39.8 Å². The zero-order valence-corrected chi connectivity index (χ0v) is 17.2. The highest BCUT2D eigenvalue weighted by Crippen LogP contribution is 2.39. The third-order valence-corrected chi connectivity index (χ3v) is 9.02. The van der Waals surface area contributed by atoms with Gasteiger partial charge in [-0.15, -0.1) is 0 Å². The Balaban J connectivity index is 3.04. The summed E-state index contributed by atoms with van der Waals surface area (Å²) in [6.07, 6.45) is 3.03. The summed E-state index contributed by atoms with van der Waals surface area (Å²) in [5.74, 6) is -0.311. The molecular weight excluding hydrogens is 342 g/mol. The van der Waals surface area contributed by atoms with Gasteiger partial charge < -0.3 is 9.16 Å². The van der Waals surface area contributed by atoms with Crippen molar-refractivity contribution in [2.75, 3.05) is 6.61 Å². The summed E-state index contributed by atoms with van der Waals surface area (Å²) in [4.78, 5) is 16.2. The molecule has 134 valence electrons. The third kappa shape index (κ3) is 6.38. The minimum Gasteiger partial charge on any atom is -0.466 e. The molecule has 1 heterocycles. The summed E-state index contributed by atoms with van der Waals surface area (Å²) >= 11 is 6.49. The van der Waals surface area contributed by atoms with Crippen LogP contribution < -0.4 is 0 Å². The van der Waals surface area contributed by atoms with E-state index in [1.165, 1.54) is 0 Å². The molecule has 0 aliphatic carbocycles. The van der Waals surface area contributed by atoms with Crippen molar-refractivity contribution in [3.63, 3.8) is 0 Å². The molecule has 1 atom stereocenters. The van der Waals surface area contributed by atoms with E-state index in [1.807, 2.05) is 18.2 Å². The van der Waals surface area contributed by atoms with E-state index in [2.05, 4.69) is 38.8 Å². The van der Waals surface area contributed by atoms with Crippen LogP contribution in [-0.2, 0) is 14.0 Å². The quantitative estimate of drug-likeness (QED) is 0.501. The highest BCUT2D eigenvalue weighted by molar-refractivity contribution is 6.74. The number of ether oxygens (including phenoxy) is 1. The number of hydrogen-bond acceptors (Lipinski definition) is 4. The average molecular weight is 370 g/mol. The fourth-order valence-corrected chi connectivity index (χ4v) is 3.38. The van der Waals surface area contributed by atoms with E-state index in [9.17, 15) is 4.79 Å². The van der Waals surface area contributed by atoms with Gasteiger partial charge in [0.25, 0.3) is 0 Å².